The number of ether oxygens (including phenoxy) is 1. The fourth-order valence-corrected chi connectivity index (χ4v) is 4.42. The lowest BCUT2D eigenvalue weighted by molar-refractivity contribution is 0.462. The van der Waals surface area contributed by atoms with Crippen molar-refractivity contribution in [2.75, 3.05) is 0 Å². The fourth-order valence-electron chi connectivity index (χ4n) is 3.00. The summed E-state index contributed by atoms with van der Waals surface area (Å²) in [6.07, 6.45) is 6.90. The number of aromatic nitrogens is 3. The lowest BCUT2D eigenvalue weighted by Crippen LogP contribution is -2.08. The second kappa shape index (κ2) is 5.32. The minimum Gasteiger partial charge on any atom is -0.437 e. The third-order valence-corrected chi connectivity index (χ3v) is 5.23. The van der Waals surface area contributed by atoms with E-state index in [9.17, 15) is 0 Å². The largest absolute Gasteiger partial charge is 0.437 e. The number of pyridine rings is 1. The van der Waals surface area contributed by atoms with Gasteiger partial charge < -0.3 is 4.74 Å². The highest BCUT2D eigenvalue weighted by Gasteiger charge is 2.24. The molecule has 3 aromatic rings. The molecule has 0 amide bonds. The third kappa shape index (κ3) is 2.35. The van der Waals surface area contributed by atoms with Gasteiger partial charge in [-0.25, -0.2) is 4.98 Å². The first-order valence-electron chi connectivity index (χ1n) is 7.57. The van der Waals surface area contributed by atoms with Crippen LogP contribution in [0.25, 0.3) is 10.2 Å². The maximum absolute atomic E-state index is 6.02. The van der Waals surface area contributed by atoms with Gasteiger partial charge in [0.25, 0.3) is 0 Å². The van der Waals surface area contributed by atoms with Crippen LogP contribution in [0.2, 0.25) is 0 Å². The van der Waals surface area contributed by atoms with E-state index in [1.54, 1.807) is 23.7 Å². The summed E-state index contributed by atoms with van der Waals surface area (Å²) in [5.41, 5.74) is 1.39. The molecule has 0 radical (unpaired) electrons. The van der Waals surface area contributed by atoms with Gasteiger partial charge in [-0.2, -0.15) is 4.98 Å². The molecule has 4 nitrogen and oxygen atoms in total. The van der Waals surface area contributed by atoms with Gasteiger partial charge in [0, 0.05) is 11.1 Å². The van der Waals surface area contributed by atoms with Gasteiger partial charge in [-0.3, -0.25) is 4.98 Å². The Bertz CT molecular complexity index is 829. The van der Waals surface area contributed by atoms with Gasteiger partial charge in [-0.1, -0.05) is 6.92 Å². The summed E-state index contributed by atoms with van der Waals surface area (Å²) < 4.78 is 6.02. The second-order valence-electron chi connectivity index (χ2n) is 5.90. The van der Waals surface area contributed by atoms with Gasteiger partial charge >= 0.3 is 0 Å². The van der Waals surface area contributed by atoms with Crippen molar-refractivity contribution in [1.29, 1.82) is 0 Å². The van der Waals surface area contributed by atoms with Gasteiger partial charge in [0.1, 0.15) is 16.4 Å². The zero-order chi connectivity index (χ0) is 15.1. The van der Waals surface area contributed by atoms with Crippen molar-refractivity contribution in [3.05, 3.63) is 40.8 Å². The lowest BCUT2D eigenvalue weighted by Gasteiger charge is -2.18. The smallest absolute Gasteiger partial charge is 0.231 e. The van der Waals surface area contributed by atoms with Gasteiger partial charge in [-0.05, 0) is 49.8 Å². The Morgan fingerprint density at radius 2 is 2.23 bits per heavy atom. The van der Waals surface area contributed by atoms with Crippen molar-refractivity contribution in [1.82, 2.24) is 15.0 Å². The Morgan fingerprint density at radius 1 is 1.32 bits per heavy atom. The molecule has 0 spiro atoms. The first kappa shape index (κ1) is 13.6. The summed E-state index contributed by atoms with van der Waals surface area (Å²) in [5.74, 6) is 2.88. The zero-order valence-corrected chi connectivity index (χ0v) is 13.5. The van der Waals surface area contributed by atoms with E-state index in [2.05, 4.69) is 21.9 Å². The number of hydrogen-bond acceptors (Lipinski definition) is 5. The van der Waals surface area contributed by atoms with Gasteiger partial charge in [-0.15, -0.1) is 11.3 Å². The summed E-state index contributed by atoms with van der Waals surface area (Å²) in [5, 5.41) is 1.10. The van der Waals surface area contributed by atoms with Crippen molar-refractivity contribution >= 4 is 21.6 Å². The van der Waals surface area contributed by atoms with Gasteiger partial charge in [0.15, 0.2) is 0 Å². The van der Waals surface area contributed by atoms with Crippen LogP contribution in [0.15, 0.2) is 24.5 Å². The molecule has 0 N–H and O–H groups in total. The SMILES string of the molecule is Cc1nc(Oc2cccnc2)c2c3c(sc2n1)C[C@@H](C)CC3. The molecule has 0 saturated carbocycles. The van der Waals surface area contributed by atoms with Crippen molar-refractivity contribution < 1.29 is 4.74 Å². The van der Waals surface area contributed by atoms with E-state index >= 15 is 0 Å². The van der Waals surface area contributed by atoms with Crippen LogP contribution in [-0.4, -0.2) is 15.0 Å². The van der Waals surface area contributed by atoms with Crippen molar-refractivity contribution in [2.45, 2.75) is 33.1 Å². The lowest BCUT2D eigenvalue weighted by atomic mass is 9.89. The first-order chi connectivity index (χ1) is 10.7. The molecule has 0 bridgehead atoms. The molecule has 3 aromatic heterocycles. The van der Waals surface area contributed by atoms with E-state index in [0.717, 1.165) is 34.8 Å². The number of thiophene rings is 1. The average Bonchev–Trinajstić information content (AvgIpc) is 2.85. The molecule has 1 aliphatic carbocycles. The van der Waals surface area contributed by atoms with E-state index in [-0.39, 0.29) is 0 Å². The van der Waals surface area contributed by atoms with Gasteiger partial charge in [0.2, 0.25) is 5.88 Å². The topological polar surface area (TPSA) is 47.9 Å². The zero-order valence-electron chi connectivity index (χ0n) is 12.7. The minimum atomic E-state index is 0.669. The van der Waals surface area contributed by atoms with Crippen molar-refractivity contribution in [3.63, 3.8) is 0 Å². The minimum absolute atomic E-state index is 0.669. The number of rotatable bonds is 2. The van der Waals surface area contributed by atoms with Crippen LogP contribution < -0.4 is 4.74 Å². The van der Waals surface area contributed by atoms with E-state index < -0.39 is 0 Å². The van der Waals surface area contributed by atoms with Gasteiger partial charge in [0.05, 0.1) is 11.6 Å². The molecule has 1 atom stereocenters. The molecule has 4 rings (SSSR count). The maximum Gasteiger partial charge on any atom is 0.231 e. The molecule has 0 saturated heterocycles. The summed E-state index contributed by atoms with van der Waals surface area (Å²) in [6.45, 7) is 4.23. The Labute approximate surface area is 133 Å². The maximum atomic E-state index is 6.02. The number of nitrogens with zero attached hydrogens (tertiary/aromatic N) is 3. The standard InChI is InChI=1S/C17H17N3OS/c1-10-5-6-13-14(8-10)22-17-15(13)16(19-11(2)20-17)21-12-4-3-7-18-9-12/h3-4,7,9-10H,5-6,8H2,1-2H3/t10-/m0/s1. The van der Waals surface area contributed by atoms with Crippen LogP contribution >= 0.6 is 11.3 Å². The van der Waals surface area contributed by atoms with E-state index in [1.165, 1.54) is 16.9 Å². The molecule has 112 valence electrons. The predicted octanol–water partition coefficient (Wildman–Crippen LogP) is 4.31. The Kier molecular flexibility index (Phi) is 3.30. The quantitative estimate of drug-likeness (QED) is 0.707. The Hall–Kier alpha value is -2.01. The Morgan fingerprint density at radius 3 is 3.05 bits per heavy atom. The summed E-state index contributed by atoms with van der Waals surface area (Å²) in [7, 11) is 0. The monoisotopic (exact) mass is 311 g/mol. The van der Waals surface area contributed by atoms with Crippen LogP contribution in [0.4, 0.5) is 0 Å². The summed E-state index contributed by atoms with van der Waals surface area (Å²) >= 11 is 1.80. The highest BCUT2D eigenvalue weighted by molar-refractivity contribution is 7.18. The van der Waals surface area contributed by atoms with E-state index in [4.69, 9.17) is 4.74 Å². The van der Waals surface area contributed by atoms with Crippen LogP contribution in [0.1, 0.15) is 29.6 Å². The molecular formula is C17H17N3OS. The average molecular weight is 311 g/mol. The fraction of sp³-hybridized carbons (Fsp3) is 0.353. The second-order valence-corrected chi connectivity index (χ2v) is 6.98. The van der Waals surface area contributed by atoms with Crippen LogP contribution in [0.3, 0.4) is 0 Å². The van der Waals surface area contributed by atoms with Crippen LogP contribution in [-0.2, 0) is 12.8 Å². The van der Waals surface area contributed by atoms with Crippen molar-refractivity contribution in [3.8, 4) is 11.6 Å². The number of fused-ring (bicyclic) bond motifs is 3. The van der Waals surface area contributed by atoms with E-state index in [0.29, 0.717) is 11.6 Å². The molecule has 1 aliphatic rings. The number of hydrogen-bond donors (Lipinski definition) is 0. The normalized spacial score (nSPS) is 17.5. The first-order valence-corrected chi connectivity index (χ1v) is 8.39. The van der Waals surface area contributed by atoms with E-state index in [1.807, 2.05) is 19.1 Å². The number of aryl methyl sites for hydroxylation is 2. The molecule has 5 heteroatoms. The van der Waals surface area contributed by atoms with Crippen LogP contribution in [0.5, 0.6) is 11.6 Å². The molecule has 22 heavy (non-hydrogen) atoms. The summed E-state index contributed by atoms with van der Waals surface area (Å²) in [4.78, 5) is 15.8. The molecule has 0 aromatic carbocycles. The molecule has 0 aliphatic heterocycles. The molecule has 0 fully saturated rings. The molecule has 3 heterocycles. The third-order valence-electron chi connectivity index (χ3n) is 4.08. The highest BCUT2D eigenvalue weighted by Crippen LogP contribution is 2.41. The van der Waals surface area contributed by atoms with Crippen LogP contribution in [0, 0.1) is 12.8 Å². The molecule has 0 unspecified atom stereocenters. The molecular weight excluding hydrogens is 294 g/mol. The predicted molar refractivity (Wildman–Crippen MR) is 87.7 cm³/mol. The summed E-state index contributed by atoms with van der Waals surface area (Å²) in [6, 6.07) is 3.77. The highest BCUT2D eigenvalue weighted by atomic mass is 32.1. The Balaban J connectivity index is 1.86. The van der Waals surface area contributed by atoms with Crippen molar-refractivity contribution in [2.24, 2.45) is 5.92 Å².